The molecule has 0 unspecified atom stereocenters. The molecule has 0 N–H and O–H groups in total. The van der Waals surface area contributed by atoms with Crippen molar-refractivity contribution in [3.63, 3.8) is 0 Å². The molecule has 9 rings (SSSR count). The van der Waals surface area contributed by atoms with Crippen LogP contribution in [0.3, 0.4) is 0 Å². The fourth-order valence-corrected chi connectivity index (χ4v) is 6.97. The molecule has 0 saturated carbocycles. The average molecular weight is 858 g/mol. The van der Waals surface area contributed by atoms with Gasteiger partial charge in [-0.15, -0.1) is 29.8 Å². The number of aromatic nitrogens is 4. The van der Waals surface area contributed by atoms with Crippen LogP contribution in [0.15, 0.2) is 164 Å². The Morgan fingerprint density at radius 2 is 0.906 bits per heavy atom. The van der Waals surface area contributed by atoms with Crippen LogP contribution in [0.2, 0.25) is 0 Å². The van der Waals surface area contributed by atoms with Crippen LogP contribution in [-0.4, -0.2) is 19.9 Å². The number of pyridine rings is 1. The molecule has 0 aliphatic heterocycles. The Kier molecular flexibility index (Phi) is 9.28. The molecule has 0 bridgehead atoms. The number of fused-ring (bicyclic) bond motifs is 2. The number of rotatable bonds is 6. The predicted octanol–water partition coefficient (Wildman–Crippen LogP) is 12.0. The van der Waals surface area contributed by atoms with Crippen LogP contribution in [0.5, 0.6) is 0 Å². The van der Waals surface area contributed by atoms with Crippen molar-refractivity contribution in [2.75, 3.05) is 0 Å². The first-order valence-corrected chi connectivity index (χ1v) is 17.5. The van der Waals surface area contributed by atoms with Crippen LogP contribution in [0.25, 0.3) is 89.2 Å². The van der Waals surface area contributed by atoms with Gasteiger partial charge in [0.25, 0.3) is 0 Å². The first-order valence-electron chi connectivity index (χ1n) is 17.5. The van der Waals surface area contributed by atoms with Gasteiger partial charge in [0.05, 0.1) is 0 Å². The van der Waals surface area contributed by atoms with Crippen LogP contribution in [0.1, 0.15) is 11.1 Å². The van der Waals surface area contributed by atoms with E-state index in [1.807, 2.05) is 18.3 Å². The third-order valence-corrected chi connectivity index (χ3v) is 9.53. The molecule has 0 aliphatic rings. The second-order valence-corrected chi connectivity index (χ2v) is 13.3. The van der Waals surface area contributed by atoms with E-state index < -0.39 is 0 Å². The third-order valence-electron chi connectivity index (χ3n) is 9.53. The zero-order chi connectivity index (χ0) is 35.0. The molecule has 2 heterocycles. The molecule has 53 heavy (non-hydrogen) atoms. The normalized spacial score (nSPS) is 11.1. The van der Waals surface area contributed by atoms with Crippen molar-refractivity contribution in [2.45, 2.75) is 13.8 Å². The summed E-state index contributed by atoms with van der Waals surface area (Å²) in [5, 5.41) is 4.61. The van der Waals surface area contributed by atoms with E-state index >= 15 is 0 Å². The summed E-state index contributed by atoms with van der Waals surface area (Å²) in [6, 6.07) is 58.4. The van der Waals surface area contributed by atoms with Crippen molar-refractivity contribution in [1.82, 2.24) is 19.9 Å². The molecule has 5 heteroatoms. The van der Waals surface area contributed by atoms with Gasteiger partial charge in [0.2, 0.25) is 0 Å². The minimum absolute atomic E-state index is 0. The molecule has 0 aliphatic carbocycles. The van der Waals surface area contributed by atoms with Gasteiger partial charge >= 0.3 is 0 Å². The Labute approximate surface area is 322 Å². The Morgan fingerprint density at radius 1 is 0.415 bits per heavy atom. The molecule has 7 aromatic carbocycles. The standard InChI is InChI=1S/C48H33N4.Ir/c1-31-25-32(2)27-42(26-31)44-14-8-7-13-43(44)35-17-19-36(20-18-35)45-24-23-41(30-49-45)48-51-46(39-21-15-33-9-3-5-11-37(33)28-39)50-47(52-48)40-22-16-34-10-4-6-12-38(34)29-40;/h3-19,21-30H,1-2H3;/q-1;. The van der Waals surface area contributed by atoms with Gasteiger partial charge in [0.1, 0.15) is 0 Å². The van der Waals surface area contributed by atoms with Crippen molar-refractivity contribution in [3.05, 3.63) is 181 Å². The minimum Gasteiger partial charge on any atom is -0.304 e. The molecule has 255 valence electrons. The SMILES string of the molecule is Cc1cc(C)cc(-c2ccccc2-c2c[c-]c(-c3ccc(-c4nc(-c5ccc6ccccc6c5)nc(-c5ccc6ccccc6c5)n4)cn3)cc2)c1.[Ir]. The number of hydrogen-bond acceptors (Lipinski definition) is 4. The van der Waals surface area contributed by atoms with Gasteiger partial charge in [-0.05, 0) is 64.3 Å². The summed E-state index contributed by atoms with van der Waals surface area (Å²) in [7, 11) is 0. The molecule has 0 spiro atoms. The van der Waals surface area contributed by atoms with Gasteiger partial charge < -0.3 is 4.98 Å². The van der Waals surface area contributed by atoms with Gasteiger partial charge in [-0.3, -0.25) is 0 Å². The molecule has 4 nitrogen and oxygen atoms in total. The van der Waals surface area contributed by atoms with Gasteiger partial charge in [-0.2, -0.15) is 0 Å². The van der Waals surface area contributed by atoms with E-state index in [0.717, 1.165) is 44.3 Å². The molecule has 0 saturated heterocycles. The topological polar surface area (TPSA) is 51.6 Å². The fraction of sp³-hybridized carbons (Fsp3) is 0.0417. The molecular weight excluding hydrogens is 825 g/mol. The summed E-state index contributed by atoms with van der Waals surface area (Å²) in [6.07, 6.45) is 1.84. The predicted molar refractivity (Wildman–Crippen MR) is 214 cm³/mol. The average Bonchev–Trinajstić information content (AvgIpc) is 3.20. The van der Waals surface area contributed by atoms with E-state index in [1.54, 1.807) is 0 Å². The summed E-state index contributed by atoms with van der Waals surface area (Å²) < 4.78 is 0. The summed E-state index contributed by atoms with van der Waals surface area (Å²) in [5.41, 5.74) is 11.7. The van der Waals surface area contributed by atoms with Gasteiger partial charge in [0, 0.05) is 43.0 Å². The Hall–Kier alpha value is -6.13. The van der Waals surface area contributed by atoms with Crippen LogP contribution in [-0.2, 0) is 20.1 Å². The van der Waals surface area contributed by atoms with Gasteiger partial charge in [-0.1, -0.05) is 150 Å². The number of nitrogens with zero attached hydrogens (tertiary/aromatic N) is 4. The second-order valence-electron chi connectivity index (χ2n) is 13.3. The van der Waals surface area contributed by atoms with E-state index in [4.69, 9.17) is 19.9 Å². The summed E-state index contributed by atoms with van der Waals surface area (Å²) >= 11 is 0. The summed E-state index contributed by atoms with van der Waals surface area (Å²) in [5.74, 6) is 1.81. The maximum atomic E-state index is 5.00. The molecule has 0 amide bonds. The van der Waals surface area contributed by atoms with E-state index in [0.29, 0.717) is 17.5 Å². The largest absolute Gasteiger partial charge is 0.304 e. The zero-order valence-electron chi connectivity index (χ0n) is 29.2. The number of aryl methyl sites for hydroxylation is 2. The Balaban J connectivity index is 0.00000400. The molecule has 2 aromatic heterocycles. The molecule has 1 radical (unpaired) electrons. The second kappa shape index (κ2) is 14.5. The first-order chi connectivity index (χ1) is 25.5. The van der Waals surface area contributed by atoms with Gasteiger partial charge in [0.15, 0.2) is 17.5 Å². The quantitative estimate of drug-likeness (QED) is 0.156. The van der Waals surface area contributed by atoms with Crippen molar-refractivity contribution in [1.29, 1.82) is 0 Å². The molecule has 9 aromatic rings. The van der Waals surface area contributed by atoms with Crippen molar-refractivity contribution in [3.8, 4) is 67.7 Å². The van der Waals surface area contributed by atoms with Crippen LogP contribution >= 0.6 is 0 Å². The Bertz CT molecular complexity index is 2640. The third kappa shape index (κ3) is 6.93. The Morgan fingerprint density at radius 3 is 1.43 bits per heavy atom. The van der Waals surface area contributed by atoms with Crippen molar-refractivity contribution < 1.29 is 20.1 Å². The van der Waals surface area contributed by atoms with E-state index in [9.17, 15) is 0 Å². The maximum absolute atomic E-state index is 5.00. The summed E-state index contributed by atoms with van der Waals surface area (Å²) in [4.78, 5) is 19.8. The molecular formula is C48H33IrN4-. The molecule has 0 atom stereocenters. The van der Waals surface area contributed by atoms with E-state index in [2.05, 4.69) is 166 Å². The molecule has 0 fully saturated rings. The van der Waals surface area contributed by atoms with Crippen LogP contribution in [0.4, 0.5) is 0 Å². The minimum atomic E-state index is 0. The van der Waals surface area contributed by atoms with Crippen molar-refractivity contribution in [2.24, 2.45) is 0 Å². The number of benzene rings is 7. The maximum Gasteiger partial charge on any atom is 0.165 e. The summed E-state index contributed by atoms with van der Waals surface area (Å²) in [6.45, 7) is 4.29. The van der Waals surface area contributed by atoms with Crippen LogP contribution in [0, 0.1) is 19.9 Å². The van der Waals surface area contributed by atoms with E-state index in [1.165, 1.54) is 38.6 Å². The smallest absolute Gasteiger partial charge is 0.165 e. The van der Waals surface area contributed by atoms with Crippen molar-refractivity contribution >= 4 is 21.5 Å². The first kappa shape index (κ1) is 34.0. The monoisotopic (exact) mass is 858 g/mol. The zero-order valence-corrected chi connectivity index (χ0v) is 31.6. The van der Waals surface area contributed by atoms with E-state index in [-0.39, 0.29) is 20.1 Å². The van der Waals surface area contributed by atoms with Gasteiger partial charge in [-0.25, -0.2) is 15.0 Å². The fourth-order valence-electron chi connectivity index (χ4n) is 6.97. The van der Waals surface area contributed by atoms with Crippen LogP contribution < -0.4 is 0 Å². The number of hydrogen-bond donors (Lipinski definition) is 0.